The van der Waals surface area contributed by atoms with Crippen LogP contribution in [0.1, 0.15) is 24.0 Å². The van der Waals surface area contributed by atoms with Crippen LogP contribution in [0.5, 0.6) is 0 Å². The number of nitrogens with zero attached hydrogens (tertiary/aromatic N) is 2. The Morgan fingerprint density at radius 3 is 2.53 bits per heavy atom. The molecule has 5 nitrogen and oxygen atoms in total. The van der Waals surface area contributed by atoms with Crippen molar-refractivity contribution in [2.24, 2.45) is 10.9 Å². The van der Waals surface area contributed by atoms with E-state index in [9.17, 15) is 0 Å². The SMILES string of the molecule is COC1CCN(Cc2ccc(/C(N)=N/O)cc2)CC1. The van der Waals surface area contributed by atoms with Crippen molar-refractivity contribution in [2.45, 2.75) is 25.5 Å². The number of amidine groups is 1. The van der Waals surface area contributed by atoms with Crippen molar-refractivity contribution < 1.29 is 9.94 Å². The standard InChI is InChI=1S/C14H21N3O2/c1-19-13-6-8-17(9-7-13)10-11-2-4-12(5-3-11)14(15)16-18/h2-5,13,18H,6-10H2,1H3,(H2,15,16). The Kier molecular flexibility index (Phi) is 4.76. The summed E-state index contributed by atoms with van der Waals surface area (Å²) in [5, 5.41) is 11.6. The maximum atomic E-state index is 8.61. The normalized spacial score (nSPS) is 18.7. The number of ether oxygens (including phenoxy) is 1. The van der Waals surface area contributed by atoms with Gasteiger partial charge in [0.05, 0.1) is 6.10 Å². The first kappa shape index (κ1) is 13.8. The highest BCUT2D eigenvalue weighted by atomic mass is 16.5. The van der Waals surface area contributed by atoms with E-state index in [0.29, 0.717) is 6.10 Å². The maximum Gasteiger partial charge on any atom is 0.170 e. The Morgan fingerprint density at radius 2 is 2.00 bits per heavy atom. The van der Waals surface area contributed by atoms with Crippen molar-refractivity contribution >= 4 is 5.84 Å². The van der Waals surface area contributed by atoms with Gasteiger partial charge in [0.1, 0.15) is 0 Å². The van der Waals surface area contributed by atoms with Crippen molar-refractivity contribution in [1.82, 2.24) is 4.90 Å². The summed E-state index contributed by atoms with van der Waals surface area (Å²) < 4.78 is 5.37. The molecule has 0 aromatic heterocycles. The summed E-state index contributed by atoms with van der Waals surface area (Å²) in [6.07, 6.45) is 2.61. The van der Waals surface area contributed by atoms with Crippen LogP contribution in [-0.2, 0) is 11.3 Å². The summed E-state index contributed by atoms with van der Waals surface area (Å²) in [6, 6.07) is 7.81. The molecule has 1 aromatic rings. The van der Waals surface area contributed by atoms with Crippen LogP contribution in [0.25, 0.3) is 0 Å². The molecule has 1 aliphatic rings. The summed E-state index contributed by atoms with van der Waals surface area (Å²) in [4.78, 5) is 2.42. The van der Waals surface area contributed by atoms with Crippen molar-refractivity contribution in [2.75, 3.05) is 20.2 Å². The first-order valence-corrected chi connectivity index (χ1v) is 6.55. The third-order valence-electron chi connectivity index (χ3n) is 3.63. The second kappa shape index (κ2) is 6.54. The predicted octanol–water partition coefficient (Wildman–Crippen LogP) is 1.39. The molecule has 1 heterocycles. The molecular weight excluding hydrogens is 242 g/mol. The molecule has 0 radical (unpaired) electrons. The van der Waals surface area contributed by atoms with Gasteiger partial charge in [-0.25, -0.2) is 0 Å². The number of nitrogens with two attached hydrogens (primary N) is 1. The molecule has 0 spiro atoms. The van der Waals surface area contributed by atoms with Crippen LogP contribution in [0.15, 0.2) is 29.4 Å². The van der Waals surface area contributed by atoms with Gasteiger partial charge in [0, 0.05) is 32.3 Å². The zero-order chi connectivity index (χ0) is 13.7. The third kappa shape index (κ3) is 3.68. The highest BCUT2D eigenvalue weighted by Gasteiger charge is 2.18. The summed E-state index contributed by atoms with van der Waals surface area (Å²) in [5.74, 6) is 0.146. The lowest BCUT2D eigenvalue weighted by Crippen LogP contribution is -2.36. The minimum absolute atomic E-state index is 0.146. The number of methoxy groups -OCH3 is 1. The number of benzene rings is 1. The molecule has 5 heteroatoms. The Bertz CT molecular complexity index is 423. The van der Waals surface area contributed by atoms with Crippen LogP contribution in [0.2, 0.25) is 0 Å². The lowest BCUT2D eigenvalue weighted by molar-refractivity contribution is 0.0388. The van der Waals surface area contributed by atoms with Gasteiger partial charge in [-0.15, -0.1) is 0 Å². The third-order valence-corrected chi connectivity index (χ3v) is 3.63. The molecule has 19 heavy (non-hydrogen) atoms. The van der Waals surface area contributed by atoms with Crippen LogP contribution >= 0.6 is 0 Å². The van der Waals surface area contributed by atoms with E-state index in [1.165, 1.54) is 5.56 Å². The fourth-order valence-electron chi connectivity index (χ4n) is 2.40. The van der Waals surface area contributed by atoms with Crippen LogP contribution < -0.4 is 5.73 Å². The first-order valence-electron chi connectivity index (χ1n) is 6.55. The van der Waals surface area contributed by atoms with Gasteiger partial charge in [0.25, 0.3) is 0 Å². The summed E-state index contributed by atoms with van der Waals surface area (Å²) in [6.45, 7) is 3.08. The molecule has 1 fully saturated rings. The van der Waals surface area contributed by atoms with E-state index in [1.807, 2.05) is 24.3 Å². The van der Waals surface area contributed by atoms with Gasteiger partial charge in [-0.1, -0.05) is 29.4 Å². The van der Waals surface area contributed by atoms with E-state index in [2.05, 4.69) is 10.1 Å². The Morgan fingerprint density at radius 1 is 1.37 bits per heavy atom. The number of hydrogen-bond acceptors (Lipinski definition) is 4. The molecule has 2 rings (SSSR count). The highest BCUT2D eigenvalue weighted by molar-refractivity contribution is 5.96. The Labute approximate surface area is 113 Å². The average molecular weight is 263 g/mol. The first-order chi connectivity index (χ1) is 9.22. The summed E-state index contributed by atoms with van der Waals surface area (Å²) >= 11 is 0. The van der Waals surface area contributed by atoms with Crippen LogP contribution in [0, 0.1) is 0 Å². The molecular formula is C14H21N3O2. The van der Waals surface area contributed by atoms with E-state index in [4.69, 9.17) is 15.7 Å². The Balaban J connectivity index is 1.90. The molecule has 0 bridgehead atoms. The number of rotatable bonds is 4. The monoisotopic (exact) mass is 263 g/mol. The molecule has 1 saturated heterocycles. The largest absolute Gasteiger partial charge is 0.409 e. The second-order valence-electron chi connectivity index (χ2n) is 4.89. The fraction of sp³-hybridized carbons (Fsp3) is 0.500. The maximum absolute atomic E-state index is 8.61. The lowest BCUT2D eigenvalue weighted by Gasteiger charge is -2.31. The molecule has 0 amide bonds. The van der Waals surface area contributed by atoms with Gasteiger partial charge < -0.3 is 15.7 Å². The molecule has 0 atom stereocenters. The minimum atomic E-state index is 0.146. The van der Waals surface area contributed by atoms with E-state index in [-0.39, 0.29) is 5.84 Å². The second-order valence-corrected chi connectivity index (χ2v) is 4.89. The molecule has 0 saturated carbocycles. The van der Waals surface area contributed by atoms with E-state index < -0.39 is 0 Å². The zero-order valence-electron chi connectivity index (χ0n) is 11.2. The number of hydrogen-bond donors (Lipinski definition) is 2. The van der Waals surface area contributed by atoms with E-state index >= 15 is 0 Å². The van der Waals surface area contributed by atoms with Crippen LogP contribution in [0.4, 0.5) is 0 Å². The van der Waals surface area contributed by atoms with Gasteiger partial charge in [-0.3, -0.25) is 4.90 Å². The summed E-state index contributed by atoms with van der Waals surface area (Å²) in [5.41, 5.74) is 7.52. The van der Waals surface area contributed by atoms with Crippen molar-refractivity contribution in [1.29, 1.82) is 0 Å². The zero-order valence-corrected chi connectivity index (χ0v) is 11.2. The van der Waals surface area contributed by atoms with E-state index in [1.54, 1.807) is 7.11 Å². The fourth-order valence-corrected chi connectivity index (χ4v) is 2.40. The number of piperidine rings is 1. The smallest absolute Gasteiger partial charge is 0.170 e. The lowest BCUT2D eigenvalue weighted by atomic mass is 10.1. The van der Waals surface area contributed by atoms with Gasteiger partial charge in [-0.05, 0) is 18.4 Å². The summed E-state index contributed by atoms with van der Waals surface area (Å²) in [7, 11) is 1.78. The van der Waals surface area contributed by atoms with Gasteiger partial charge in [-0.2, -0.15) is 0 Å². The molecule has 1 aliphatic heterocycles. The average Bonchev–Trinajstić information content (AvgIpc) is 2.48. The molecule has 0 unspecified atom stereocenters. The van der Waals surface area contributed by atoms with Gasteiger partial charge >= 0.3 is 0 Å². The van der Waals surface area contributed by atoms with Crippen molar-refractivity contribution in [3.63, 3.8) is 0 Å². The molecule has 1 aromatic carbocycles. The molecule has 3 N–H and O–H groups in total. The van der Waals surface area contributed by atoms with Crippen LogP contribution in [0.3, 0.4) is 0 Å². The predicted molar refractivity (Wildman–Crippen MR) is 74.3 cm³/mol. The van der Waals surface area contributed by atoms with E-state index in [0.717, 1.165) is 38.0 Å². The molecule has 104 valence electrons. The van der Waals surface area contributed by atoms with Crippen molar-refractivity contribution in [3.05, 3.63) is 35.4 Å². The number of oxime groups is 1. The molecule has 0 aliphatic carbocycles. The van der Waals surface area contributed by atoms with Gasteiger partial charge in [0.2, 0.25) is 0 Å². The minimum Gasteiger partial charge on any atom is -0.409 e. The highest BCUT2D eigenvalue weighted by Crippen LogP contribution is 2.16. The van der Waals surface area contributed by atoms with Crippen molar-refractivity contribution in [3.8, 4) is 0 Å². The number of likely N-dealkylation sites (tertiary alicyclic amines) is 1. The topological polar surface area (TPSA) is 71.1 Å². The quantitative estimate of drug-likeness (QED) is 0.373. The van der Waals surface area contributed by atoms with Gasteiger partial charge in [0.15, 0.2) is 5.84 Å². The Hall–Kier alpha value is -1.59. The van der Waals surface area contributed by atoms with Crippen LogP contribution in [-0.4, -0.2) is 42.2 Å².